The number of alkyl carbamates (subject to hydrolysis) is 1. The zero-order valence-corrected chi connectivity index (χ0v) is 18.3. The number of hydrogen-bond donors (Lipinski definition) is 3. The maximum absolute atomic E-state index is 12.8. The highest BCUT2D eigenvalue weighted by atomic mass is 35.5. The van der Waals surface area contributed by atoms with Gasteiger partial charge in [-0.2, -0.15) is 0 Å². The zero-order valence-electron chi connectivity index (χ0n) is 17.5. The van der Waals surface area contributed by atoms with Gasteiger partial charge < -0.3 is 20.5 Å². The summed E-state index contributed by atoms with van der Waals surface area (Å²) in [6.45, 7) is 3.87. The Balaban J connectivity index is 2.00. The molecule has 0 unspecified atom stereocenters. The van der Waals surface area contributed by atoms with Gasteiger partial charge in [0.25, 0.3) is 0 Å². The fraction of sp³-hybridized carbons (Fsp3) is 0.348. The van der Waals surface area contributed by atoms with Gasteiger partial charge in [0.1, 0.15) is 18.7 Å². The first-order chi connectivity index (χ1) is 14.7. The van der Waals surface area contributed by atoms with E-state index in [1.807, 2.05) is 44.2 Å². The van der Waals surface area contributed by atoms with Crippen molar-refractivity contribution in [3.8, 4) is 0 Å². The highest BCUT2D eigenvalue weighted by molar-refractivity contribution is 6.30. The maximum atomic E-state index is 12.8. The highest BCUT2D eigenvalue weighted by Gasteiger charge is 2.27. The van der Waals surface area contributed by atoms with Gasteiger partial charge in [0.2, 0.25) is 5.91 Å². The molecule has 0 saturated carbocycles. The summed E-state index contributed by atoms with van der Waals surface area (Å²) < 4.78 is 5.19. The Morgan fingerprint density at radius 1 is 0.968 bits per heavy atom. The minimum Gasteiger partial charge on any atom is -0.480 e. The number of carboxylic acids is 1. The molecule has 7 nitrogen and oxygen atoms in total. The van der Waals surface area contributed by atoms with Crippen molar-refractivity contribution in [2.75, 3.05) is 0 Å². The van der Waals surface area contributed by atoms with Crippen LogP contribution in [-0.2, 0) is 27.4 Å². The van der Waals surface area contributed by atoms with E-state index >= 15 is 0 Å². The molecule has 2 rings (SSSR count). The second-order valence-corrected chi connectivity index (χ2v) is 8.06. The summed E-state index contributed by atoms with van der Waals surface area (Å²) in [6, 6.07) is 13.8. The van der Waals surface area contributed by atoms with Gasteiger partial charge in [-0.3, -0.25) is 4.79 Å². The van der Waals surface area contributed by atoms with Gasteiger partial charge in [0.05, 0.1) is 0 Å². The monoisotopic (exact) mass is 446 g/mol. The number of rotatable bonds is 10. The molecule has 0 aromatic heterocycles. The van der Waals surface area contributed by atoms with Crippen molar-refractivity contribution in [3.05, 3.63) is 70.7 Å². The summed E-state index contributed by atoms with van der Waals surface area (Å²) >= 11 is 5.96. The van der Waals surface area contributed by atoms with Gasteiger partial charge in [0.15, 0.2) is 0 Å². The van der Waals surface area contributed by atoms with Gasteiger partial charge in [0, 0.05) is 11.4 Å². The Morgan fingerprint density at radius 2 is 1.65 bits per heavy atom. The van der Waals surface area contributed by atoms with Crippen molar-refractivity contribution >= 4 is 29.6 Å². The van der Waals surface area contributed by atoms with E-state index in [1.54, 1.807) is 24.3 Å². The predicted octanol–water partition coefficient (Wildman–Crippen LogP) is 3.79. The number of carboxylic acid groups (broad SMARTS) is 1. The first-order valence-corrected chi connectivity index (χ1v) is 10.4. The molecule has 166 valence electrons. The smallest absolute Gasteiger partial charge is 0.408 e. The first kappa shape index (κ1) is 24.2. The number of benzene rings is 2. The topological polar surface area (TPSA) is 105 Å². The van der Waals surface area contributed by atoms with Crippen LogP contribution in [0.3, 0.4) is 0 Å². The number of carbonyl (C=O) groups excluding carboxylic acids is 2. The number of aliphatic carboxylic acids is 1. The Bertz CT molecular complexity index is 889. The van der Waals surface area contributed by atoms with Crippen LogP contribution < -0.4 is 10.6 Å². The van der Waals surface area contributed by atoms with E-state index in [4.69, 9.17) is 16.3 Å². The third-order valence-corrected chi connectivity index (χ3v) is 4.71. The second kappa shape index (κ2) is 12.0. The number of amides is 2. The molecule has 0 aliphatic rings. The highest BCUT2D eigenvalue weighted by Crippen LogP contribution is 2.13. The number of ether oxygens (including phenoxy) is 1. The molecular weight excluding hydrogens is 420 g/mol. The molecule has 0 aliphatic heterocycles. The van der Waals surface area contributed by atoms with Crippen LogP contribution in [0.4, 0.5) is 4.79 Å². The van der Waals surface area contributed by atoms with Crippen LogP contribution in [0.5, 0.6) is 0 Å². The zero-order chi connectivity index (χ0) is 22.8. The minimum absolute atomic E-state index is 0.0640. The van der Waals surface area contributed by atoms with E-state index in [-0.39, 0.29) is 18.9 Å². The summed E-state index contributed by atoms with van der Waals surface area (Å²) in [5.41, 5.74) is 1.49. The average Bonchev–Trinajstić information content (AvgIpc) is 2.71. The lowest BCUT2D eigenvalue weighted by atomic mass is 10.0. The van der Waals surface area contributed by atoms with Gasteiger partial charge >= 0.3 is 12.1 Å². The Hall–Kier alpha value is -3.06. The molecule has 2 aromatic rings. The van der Waals surface area contributed by atoms with E-state index < -0.39 is 30.1 Å². The SMILES string of the molecule is CC(C)C[C@H](NC(=O)OCc1ccccc1)C(=O)N[C@@H](Cc1cccc(Cl)c1)C(=O)O. The Kier molecular flexibility index (Phi) is 9.34. The standard InChI is InChI=1S/C23H27ClN2O5/c1-15(2)11-19(26-23(30)31-14-16-7-4-3-5-8-16)21(27)25-20(22(28)29)13-17-9-6-10-18(24)12-17/h3-10,12,15,19-20H,11,13-14H2,1-2H3,(H,25,27)(H,26,30)(H,28,29)/t19-,20-/m0/s1. The maximum Gasteiger partial charge on any atom is 0.408 e. The van der Waals surface area contributed by atoms with Crippen molar-refractivity contribution in [1.29, 1.82) is 0 Å². The molecule has 0 fully saturated rings. The van der Waals surface area contributed by atoms with Crippen LogP contribution in [0, 0.1) is 5.92 Å². The molecule has 2 aromatic carbocycles. The number of hydrogen-bond acceptors (Lipinski definition) is 4. The van der Waals surface area contributed by atoms with Crippen LogP contribution in [0.1, 0.15) is 31.4 Å². The van der Waals surface area contributed by atoms with Crippen LogP contribution in [0.25, 0.3) is 0 Å². The molecule has 8 heteroatoms. The summed E-state index contributed by atoms with van der Waals surface area (Å²) in [6.07, 6.45) is -0.351. The normalized spacial score (nSPS) is 12.6. The van der Waals surface area contributed by atoms with E-state index in [2.05, 4.69) is 10.6 Å². The first-order valence-electron chi connectivity index (χ1n) is 9.99. The van der Waals surface area contributed by atoms with Gasteiger partial charge in [-0.25, -0.2) is 9.59 Å². The van der Waals surface area contributed by atoms with Crippen LogP contribution in [-0.4, -0.2) is 35.2 Å². The predicted molar refractivity (Wildman–Crippen MR) is 118 cm³/mol. The summed E-state index contributed by atoms with van der Waals surface area (Å²) in [5, 5.41) is 15.1. The third kappa shape index (κ3) is 8.68. The van der Waals surface area contributed by atoms with Gasteiger partial charge in [-0.15, -0.1) is 0 Å². The summed E-state index contributed by atoms with van der Waals surface area (Å²) in [7, 11) is 0. The molecule has 3 N–H and O–H groups in total. The van der Waals surface area contributed by atoms with E-state index in [9.17, 15) is 19.5 Å². The van der Waals surface area contributed by atoms with Crippen molar-refractivity contribution in [3.63, 3.8) is 0 Å². The molecule has 2 amide bonds. The summed E-state index contributed by atoms with van der Waals surface area (Å²) in [4.78, 5) is 36.7. The summed E-state index contributed by atoms with van der Waals surface area (Å²) in [5.74, 6) is -1.68. The molecule has 0 saturated heterocycles. The molecule has 31 heavy (non-hydrogen) atoms. The van der Waals surface area contributed by atoms with E-state index in [0.717, 1.165) is 5.56 Å². The van der Waals surface area contributed by atoms with Gasteiger partial charge in [-0.05, 0) is 35.6 Å². The Labute approximate surface area is 186 Å². The van der Waals surface area contributed by atoms with Gasteiger partial charge in [-0.1, -0.05) is 67.9 Å². The lowest BCUT2D eigenvalue weighted by Crippen LogP contribution is -2.52. The van der Waals surface area contributed by atoms with Crippen molar-refractivity contribution in [1.82, 2.24) is 10.6 Å². The Morgan fingerprint density at radius 3 is 2.26 bits per heavy atom. The van der Waals surface area contributed by atoms with Crippen molar-refractivity contribution in [2.24, 2.45) is 5.92 Å². The van der Waals surface area contributed by atoms with E-state index in [1.165, 1.54) is 0 Å². The van der Waals surface area contributed by atoms with Crippen LogP contribution >= 0.6 is 11.6 Å². The second-order valence-electron chi connectivity index (χ2n) is 7.62. The van der Waals surface area contributed by atoms with Crippen molar-refractivity contribution in [2.45, 2.75) is 45.4 Å². The molecule has 0 heterocycles. The third-order valence-electron chi connectivity index (χ3n) is 4.47. The number of halogens is 1. The minimum atomic E-state index is -1.18. The molecule has 0 spiro atoms. The molecule has 2 atom stereocenters. The molecule has 0 aliphatic carbocycles. The fourth-order valence-corrected chi connectivity index (χ4v) is 3.19. The number of carbonyl (C=O) groups is 3. The average molecular weight is 447 g/mol. The van der Waals surface area contributed by atoms with Crippen LogP contribution in [0.15, 0.2) is 54.6 Å². The molecule has 0 bridgehead atoms. The quantitative estimate of drug-likeness (QED) is 0.515. The molecular formula is C23H27ClN2O5. The van der Waals surface area contributed by atoms with Crippen molar-refractivity contribution < 1.29 is 24.2 Å². The molecule has 0 radical (unpaired) electrons. The lowest BCUT2D eigenvalue weighted by molar-refractivity contribution is -0.142. The lowest BCUT2D eigenvalue weighted by Gasteiger charge is -2.22. The fourth-order valence-electron chi connectivity index (χ4n) is 2.98. The van der Waals surface area contributed by atoms with Crippen LogP contribution in [0.2, 0.25) is 5.02 Å². The number of nitrogens with one attached hydrogen (secondary N) is 2. The largest absolute Gasteiger partial charge is 0.480 e. The van der Waals surface area contributed by atoms with E-state index in [0.29, 0.717) is 17.0 Å².